The van der Waals surface area contributed by atoms with Gasteiger partial charge in [0.1, 0.15) is 5.82 Å². The van der Waals surface area contributed by atoms with Crippen molar-refractivity contribution < 1.29 is 14.0 Å². The molecule has 3 atom stereocenters. The lowest BCUT2D eigenvalue weighted by atomic mass is 9.81. The van der Waals surface area contributed by atoms with E-state index in [4.69, 9.17) is 0 Å². The molecule has 35 heavy (non-hydrogen) atoms. The molecule has 0 radical (unpaired) electrons. The number of aryl methyl sites for hydroxylation is 2. The van der Waals surface area contributed by atoms with E-state index in [1.54, 1.807) is 17.0 Å². The van der Waals surface area contributed by atoms with Crippen molar-refractivity contribution in [3.63, 3.8) is 0 Å². The second-order valence-electron chi connectivity index (χ2n) is 9.57. The lowest BCUT2D eigenvalue weighted by molar-refractivity contribution is -0.156. The number of halogens is 1. The summed E-state index contributed by atoms with van der Waals surface area (Å²) in [4.78, 5) is 30.1. The molecule has 1 saturated carbocycles. The molecule has 0 spiro atoms. The van der Waals surface area contributed by atoms with Gasteiger partial charge in [0.25, 0.3) is 0 Å². The highest BCUT2D eigenvalue weighted by Crippen LogP contribution is 2.39. The Bertz CT molecular complexity index is 1130. The topological polar surface area (TPSA) is 77.0 Å². The Labute approximate surface area is 209 Å². The van der Waals surface area contributed by atoms with Crippen molar-refractivity contribution in [2.75, 3.05) is 11.1 Å². The lowest BCUT2D eigenvalue weighted by Gasteiger charge is -2.50. The van der Waals surface area contributed by atoms with Crippen LogP contribution in [0.5, 0.6) is 0 Å². The van der Waals surface area contributed by atoms with Crippen LogP contribution >= 0.6 is 11.8 Å². The Morgan fingerprint density at radius 1 is 1.14 bits per heavy atom. The number of hydrogen-bond acceptors (Lipinski definition) is 6. The SMILES string of the molecule is Cc1cc(C)cc(NC(=O)CSC2=NNC3N(Cc4ccc(F)cc4)C(=O)C4CCCCC4N23)c1. The van der Waals surface area contributed by atoms with E-state index in [0.29, 0.717) is 6.54 Å². The van der Waals surface area contributed by atoms with E-state index in [2.05, 4.69) is 26.8 Å². The molecule has 0 aromatic heterocycles. The second-order valence-corrected chi connectivity index (χ2v) is 10.5. The molecule has 2 N–H and O–H groups in total. The monoisotopic (exact) mass is 495 g/mol. The lowest BCUT2D eigenvalue weighted by Crippen LogP contribution is -2.66. The Morgan fingerprint density at radius 2 is 1.86 bits per heavy atom. The number of hydrogen-bond donors (Lipinski definition) is 2. The average Bonchev–Trinajstić information content (AvgIpc) is 3.25. The van der Waals surface area contributed by atoms with Crippen LogP contribution in [0.1, 0.15) is 42.4 Å². The molecule has 2 aromatic rings. The molecule has 9 heteroatoms. The molecule has 0 bridgehead atoms. The Morgan fingerprint density at radius 3 is 2.60 bits per heavy atom. The molecule has 2 fully saturated rings. The minimum absolute atomic E-state index is 0.0643. The van der Waals surface area contributed by atoms with Crippen LogP contribution in [-0.2, 0) is 16.1 Å². The van der Waals surface area contributed by atoms with Crippen LogP contribution in [0.3, 0.4) is 0 Å². The Balaban J connectivity index is 1.30. The summed E-state index contributed by atoms with van der Waals surface area (Å²) in [5.41, 5.74) is 6.99. The molecular weight excluding hydrogens is 465 g/mol. The predicted octanol–water partition coefficient (Wildman–Crippen LogP) is 4.18. The number of nitrogens with one attached hydrogen (secondary N) is 2. The van der Waals surface area contributed by atoms with E-state index in [1.807, 2.05) is 26.0 Å². The van der Waals surface area contributed by atoms with E-state index in [1.165, 1.54) is 23.9 Å². The van der Waals surface area contributed by atoms with E-state index in [0.717, 1.165) is 53.2 Å². The number of rotatable bonds is 5. The highest BCUT2D eigenvalue weighted by molar-refractivity contribution is 8.14. The first-order valence-corrected chi connectivity index (χ1v) is 13.0. The highest BCUT2D eigenvalue weighted by Gasteiger charge is 2.51. The summed E-state index contributed by atoms with van der Waals surface area (Å²) in [6.45, 7) is 4.38. The molecule has 184 valence electrons. The number of carbonyl (C=O) groups excluding carboxylic acids is 2. The molecule has 2 amide bonds. The predicted molar refractivity (Wildman–Crippen MR) is 136 cm³/mol. The summed E-state index contributed by atoms with van der Waals surface area (Å²) < 4.78 is 13.4. The van der Waals surface area contributed by atoms with Gasteiger partial charge in [-0.15, -0.1) is 0 Å². The number of hydrazone groups is 1. The first-order chi connectivity index (χ1) is 16.9. The fourth-order valence-corrected chi connectivity index (χ4v) is 6.21. The third-order valence-electron chi connectivity index (χ3n) is 6.85. The van der Waals surface area contributed by atoms with Gasteiger partial charge in [-0.25, -0.2) is 4.39 Å². The van der Waals surface area contributed by atoms with E-state index >= 15 is 0 Å². The molecule has 2 aromatic carbocycles. The number of fused-ring (bicyclic) bond motifs is 3. The van der Waals surface area contributed by atoms with Crippen molar-refractivity contribution in [2.45, 2.75) is 58.4 Å². The normalized spacial score (nSPS) is 23.3. The first-order valence-electron chi connectivity index (χ1n) is 12.1. The fraction of sp³-hybridized carbons (Fsp3) is 0.423. The summed E-state index contributed by atoms with van der Waals surface area (Å²) in [5, 5.41) is 8.26. The number of benzene rings is 2. The zero-order chi connectivity index (χ0) is 24.5. The van der Waals surface area contributed by atoms with Crippen LogP contribution in [-0.4, -0.2) is 44.9 Å². The van der Waals surface area contributed by atoms with Gasteiger partial charge in [0, 0.05) is 18.3 Å². The number of nitrogens with zero attached hydrogens (tertiary/aromatic N) is 3. The van der Waals surface area contributed by atoms with Gasteiger partial charge in [-0.05, 0) is 67.6 Å². The quantitative estimate of drug-likeness (QED) is 0.651. The van der Waals surface area contributed by atoms with E-state index in [9.17, 15) is 14.0 Å². The molecular formula is C26H30FN5O2S. The highest BCUT2D eigenvalue weighted by atomic mass is 32.2. The molecule has 7 nitrogen and oxygen atoms in total. The maximum Gasteiger partial charge on any atom is 0.234 e. The van der Waals surface area contributed by atoms with Crippen molar-refractivity contribution in [3.8, 4) is 0 Å². The maximum absolute atomic E-state index is 13.5. The zero-order valence-corrected chi connectivity index (χ0v) is 20.8. The molecule has 5 rings (SSSR count). The molecule has 3 unspecified atom stereocenters. The van der Waals surface area contributed by atoms with Crippen molar-refractivity contribution >= 4 is 34.4 Å². The molecule has 2 aliphatic heterocycles. The van der Waals surface area contributed by atoms with Crippen molar-refractivity contribution in [1.82, 2.24) is 15.2 Å². The van der Waals surface area contributed by atoms with E-state index in [-0.39, 0.29) is 35.3 Å². The van der Waals surface area contributed by atoms with Crippen LogP contribution in [0.2, 0.25) is 0 Å². The minimum Gasteiger partial charge on any atom is -0.325 e. The van der Waals surface area contributed by atoms with Crippen molar-refractivity contribution in [3.05, 3.63) is 65.0 Å². The standard InChI is InChI=1S/C26H30FN5O2S/c1-16-11-17(2)13-20(12-16)28-23(33)15-35-26-30-29-25-31(14-18-7-9-19(27)10-8-18)24(34)21-5-3-4-6-22(21)32(25)26/h7-13,21-22,25,29H,3-6,14-15H2,1-2H3,(H,28,33). The fourth-order valence-electron chi connectivity index (χ4n) is 5.38. The average molecular weight is 496 g/mol. The third-order valence-corrected chi connectivity index (χ3v) is 7.81. The van der Waals surface area contributed by atoms with Gasteiger partial charge in [-0.1, -0.05) is 42.8 Å². The summed E-state index contributed by atoms with van der Waals surface area (Å²) in [5.74, 6) is -0.160. The Kier molecular flexibility index (Phi) is 6.69. The second kappa shape index (κ2) is 9.89. The van der Waals surface area contributed by atoms with Crippen LogP contribution < -0.4 is 10.7 Å². The number of carbonyl (C=O) groups is 2. The van der Waals surface area contributed by atoms with Crippen molar-refractivity contribution in [1.29, 1.82) is 0 Å². The van der Waals surface area contributed by atoms with Gasteiger partial charge in [0.05, 0.1) is 11.7 Å². The summed E-state index contributed by atoms with van der Waals surface area (Å²) >= 11 is 1.39. The van der Waals surface area contributed by atoms with Gasteiger partial charge in [0.15, 0.2) is 11.5 Å². The van der Waals surface area contributed by atoms with Crippen LogP contribution in [0.4, 0.5) is 10.1 Å². The zero-order valence-electron chi connectivity index (χ0n) is 20.0. The summed E-state index contributed by atoms with van der Waals surface area (Å²) in [7, 11) is 0. The first kappa shape index (κ1) is 23.7. The van der Waals surface area contributed by atoms with Crippen LogP contribution in [0.15, 0.2) is 47.6 Å². The van der Waals surface area contributed by atoms with Crippen LogP contribution in [0, 0.1) is 25.6 Å². The largest absolute Gasteiger partial charge is 0.325 e. The molecule has 1 aliphatic carbocycles. The van der Waals surface area contributed by atoms with Crippen molar-refractivity contribution in [2.24, 2.45) is 11.0 Å². The molecule has 3 aliphatic rings. The number of amidine groups is 1. The number of thioether (sulfide) groups is 1. The van der Waals surface area contributed by atoms with E-state index < -0.39 is 6.29 Å². The smallest absolute Gasteiger partial charge is 0.234 e. The molecule has 2 heterocycles. The minimum atomic E-state index is -0.406. The Hall–Kier alpha value is -3.07. The maximum atomic E-state index is 13.5. The molecule has 1 saturated heterocycles. The third kappa shape index (κ3) is 5.00. The van der Waals surface area contributed by atoms with Gasteiger partial charge < -0.3 is 10.2 Å². The van der Waals surface area contributed by atoms with Crippen LogP contribution in [0.25, 0.3) is 0 Å². The number of anilines is 1. The van der Waals surface area contributed by atoms with Gasteiger partial charge in [0.2, 0.25) is 11.8 Å². The number of amides is 2. The van der Waals surface area contributed by atoms with Gasteiger partial charge >= 0.3 is 0 Å². The summed E-state index contributed by atoms with van der Waals surface area (Å²) in [6.07, 6.45) is 3.46. The van der Waals surface area contributed by atoms with Gasteiger partial charge in [-0.2, -0.15) is 5.10 Å². The van der Waals surface area contributed by atoms with Gasteiger partial charge in [-0.3, -0.25) is 19.9 Å². The summed E-state index contributed by atoms with van der Waals surface area (Å²) in [6, 6.07) is 12.3.